The molecule has 6 saturated heterocycles. The quantitative estimate of drug-likeness (QED) is 0.0568. The highest BCUT2D eigenvalue weighted by molar-refractivity contribution is 5.31. The molecule has 0 aromatic rings. The Hall–Kier alpha value is -1.28. The van der Waals surface area contributed by atoms with Crippen LogP contribution in [0.2, 0.25) is 0 Å². The van der Waals surface area contributed by atoms with E-state index in [1.54, 1.807) is 13.8 Å². The first kappa shape index (κ1) is 75.4. The molecule has 0 aromatic heterocycles. The summed E-state index contributed by atoms with van der Waals surface area (Å²) in [4.78, 5) is 0. The molecule has 12 rings (SSSR count). The summed E-state index contributed by atoms with van der Waals surface area (Å²) in [7, 11) is 0. The number of hydrogen-bond donors (Lipinski definition) is 20. The molecule has 6 aliphatic carbocycles. The Kier molecular flexibility index (Phi) is 21.7. The predicted octanol–water partition coefficient (Wildman–Crippen LogP) is -6.47. The number of ether oxygens (including phenoxy) is 12. The van der Waals surface area contributed by atoms with Gasteiger partial charge in [-0.1, -0.05) is 20.8 Å². The van der Waals surface area contributed by atoms with Crippen molar-refractivity contribution >= 4 is 0 Å². The van der Waals surface area contributed by atoms with Crippen molar-refractivity contribution in [3.05, 3.63) is 0 Å². The minimum absolute atomic E-state index is 0.0553. The van der Waals surface area contributed by atoms with Gasteiger partial charge in [0.1, 0.15) is 128 Å². The molecule has 6 heterocycles. The first-order chi connectivity index (χ1) is 45.5. The zero-order chi connectivity index (χ0) is 70.5. The van der Waals surface area contributed by atoms with Gasteiger partial charge in [-0.05, 0) is 131 Å². The molecule has 560 valence electrons. The first-order valence-electron chi connectivity index (χ1n) is 34.8. The van der Waals surface area contributed by atoms with Crippen molar-refractivity contribution in [2.45, 2.75) is 315 Å². The Morgan fingerprint density at radius 2 is 0.938 bits per heavy atom. The molecular formula is C65H108O32. The Labute approximate surface area is 561 Å². The molecule has 20 N–H and O–H groups in total. The second kappa shape index (κ2) is 27.9. The second-order valence-electron chi connectivity index (χ2n) is 31.9. The summed E-state index contributed by atoms with van der Waals surface area (Å²) in [6.07, 6.45) is -44.1. The van der Waals surface area contributed by atoms with E-state index in [0.29, 0.717) is 32.1 Å². The van der Waals surface area contributed by atoms with E-state index >= 15 is 0 Å². The minimum Gasteiger partial charge on any atom is -0.396 e. The van der Waals surface area contributed by atoms with Crippen LogP contribution in [0, 0.1) is 56.7 Å². The molecule has 97 heavy (non-hydrogen) atoms. The number of hydrogen-bond acceptors (Lipinski definition) is 32. The summed E-state index contributed by atoms with van der Waals surface area (Å²) >= 11 is 0. The van der Waals surface area contributed by atoms with Gasteiger partial charge in [0.05, 0.1) is 69.2 Å². The Morgan fingerprint density at radius 3 is 1.52 bits per heavy atom. The summed E-state index contributed by atoms with van der Waals surface area (Å²) in [6.45, 7) is 9.95. The lowest BCUT2D eigenvalue weighted by molar-refractivity contribution is -0.380. The SMILES string of the molecule is CC1OC(OCC2OC(OC3CCC45CC46CCC4(C)C(C7C(OC8OC(COC9OCC(O)C(O)C9O)C(O)C(O)C8OC8OC(CO)C(O)C(O)C8O)CC(C(C)(C)O)C7O)CCC4(C)C6CCC5C3(C)CO)C(OC3OC(C)C(O)C(O)C3O)C(O)C2O)C(O)C(O)C1O. The van der Waals surface area contributed by atoms with Crippen LogP contribution in [-0.4, -0.2) is 337 Å². The minimum atomic E-state index is -1.96. The molecule has 12 aliphatic rings. The van der Waals surface area contributed by atoms with Crippen LogP contribution >= 0.6 is 0 Å². The fourth-order valence-corrected chi connectivity index (χ4v) is 20.6. The van der Waals surface area contributed by atoms with Gasteiger partial charge in [0.15, 0.2) is 37.7 Å². The van der Waals surface area contributed by atoms with Gasteiger partial charge in [0, 0.05) is 17.3 Å². The van der Waals surface area contributed by atoms with Crippen LogP contribution in [0.1, 0.15) is 113 Å². The molecule has 2 spiro atoms. The van der Waals surface area contributed by atoms with Gasteiger partial charge in [0.25, 0.3) is 0 Å². The molecule has 0 amide bonds. The molecule has 42 atom stereocenters. The van der Waals surface area contributed by atoms with Crippen molar-refractivity contribution in [3.8, 4) is 0 Å². The van der Waals surface area contributed by atoms with Crippen molar-refractivity contribution in [2.24, 2.45) is 56.7 Å². The monoisotopic (exact) mass is 1400 g/mol. The molecule has 0 bridgehead atoms. The van der Waals surface area contributed by atoms with Crippen LogP contribution in [0.15, 0.2) is 0 Å². The summed E-state index contributed by atoms with van der Waals surface area (Å²) < 4.78 is 73.3. The van der Waals surface area contributed by atoms with Gasteiger partial charge < -0.3 is 159 Å². The lowest BCUT2D eigenvalue weighted by Gasteiger charge is -2.64. The molecular weight excluding hydrogens is 1290 g/mol. The third kappa shape index (κ3) is 12.6. The van der Waals surface area contributed by atoms with Crippen molar-refractivity contribution in [1.29, 1.82) is 0 Å². The van der Waals surface area contributed by atoms with Crippen molar-refractivity contribution in [3.63, 3.8) is 0 Å². The highest BCUT2D eigenvalue weighted by Crippen LogP contribution is 2.89. The van der Waals surface area contributed by atoms with E-state index in [1.165, 1.54) is 13.8 Å². The van der Waals surface area contributed by atoms with E-state index in [0.717, 1.165) is 25.7 Å². The lowest BCUT2D eigenvalue weighted by atomic mass is 9.41. The van der Waals surface area contributed by atoms with Gasteiger partial charge in [-0.3, -0.25) is 0 Å². The number of aliphatic hydroxyl groups excluding tert-OH is 19. The maximum absolute atomic E-state index is 12.8. The molecule has 6 aliphatic heterocycles. The zero-order valence-electron chi connectivity index (χ0n) is 55.8. The summed E-state index contributed by atoms with van der Waals surface area (Å²) in [5, 5.41) is 222. The summed E-state index contributed by atoms with van der Waals surface area (Å²) in [6, 6.07) is 0. The van der Waals surface area contributed by atoms with E-state index in [1.807, 2.05) is 6.92 Å². The van der Waals surface area contributed by atoms with Crippen molar-refractivity contribution in [1.82, 2.24) is 0 Å². The van der Waals surface area contributed by atoms with E-state index in [2.05, 4.69) is 13.8 Å². The molecule has 42 unspecified atom stereocenters. The first-order valence-corrected chi connectivity index (χ1v) is 34.8. The maximum Gasteiger partial charge on any atom is 0.187 e. The van der Waals surface area contributed by atoms with Crippen LogP contribution < -0.4 is 0 Å². The largest absolute Gasteiger partial charge is 0.396 e. The van der Waals surface area contributed by atoms with E-state index in [9.17, 15) is 102 Å². The maximum atomic E-state index is 12.8. The molecule has 12 fully saturated rings. The third-order valence-corrected chi connectivity index (χ3v) is 26.6. The second-order valence-corrected chi connectivity index (χ2v) is 31.9. The lowest BCUT2D eigenvalue weighted by Crippen LogP contribution is -2.66. The van der Waals surface area contributed by atoms with Crippen molar-refractivity contribution in [2.75, 3.05) is 33.0 Å². The van der Waals surface area contributed by atoms with Gasteiger partial charge in [-0.15, -0.1) is 0 Å². The van der Waals surface area contributed by atoms with Gasteiger partial charge in [-0.25, -0.2) is 0 Å². The topological polar surface area (TPSA) is 515 Å². The van der Waals surface area contributed by atoms with E-state index < -0.39 is 251 Å². The van der Waals surface area contributed by atoms with Crippen LogP contribution in [0.3, 0.4) is 0 Å². The molecule has 6 saturated carbocycles. The standard InChI is InChI=1S/C65H108O32/c1-23-36(69)43(76)49(82)55(89-23)88-20-31-42(75)47(80)53(96-56-50(83)44(77)37(70)24(2)90-56)59(94-31)95-34-11-13-64-21-65(64)15-14-62(6)25(10-12-63(62,7)33(65)9-8-32(64)61(34,5)22-67)35-28(16-26(38(35)71)60(3,4)85)91-58-52(97-57-51(84)45(78)40(73)29(17-66)92-57)46(79)41(74)30(93-58)19-87-54-48(81)39(72)27(68)18-86-54/h23-59,66-85H,8-22H2,1-7H3. The average molecular weight is 1400 g/mol. The highest BCUT2D eigenvalue weighted by atomic mass is 16.8. The van der Waals surface area contributed by atoms with E-state index in [-0.39, 0.29) is 47.0 Å². The van der Waals surface area contributed by atoms with Crippen LogP contribution in [0.25, 0.3) is 0 Å². The summed E-state index contributed by atoms with van der Waals surface area (Å²) in [5.74, 6) is -1.76. The fraction of sp³-hybridized carbons (Fsp3) is 1.00. The number of rotatable bonds is 18. The molecule has 0 aromatic carbocycles. The molecule has 32 heteroatoms. The van der Waals surface area contributed by atoms with Gasteiger partial charge in [-0.2, -0.15) is 0 Å². The van der Waals surface area contributed by atoms with Gasteiger partial charge in [0.2, 0.25) is 0 Å². The Morgan fingerprint density at radius 1 is 0.443 bits per heavy atom. The Bertz CT molecular complexity index is 2670. The van der Waals surface area contributed by atoms with Crippen molar-refractivity contribution < 1.29 is 159 Å². The fourth-order valence-electron chi connectivity index (χ4n) is 20.6. The van der Waals surface area contributed by atoms with Crippen LogP contribution in [-0.2, 0) is 56.8 Å². The normalized spacial score (nSPS) is 57.9. The summed E-state index contributed by atoms with van der Waals surface area (Å²) in [5.41, 5.74) is -3.78. The van der Waals surface area contributed by atoms with Crippen LogP contribution in [0.4, 0.5) is 0 Å². The zero-order valence-corrected chi connectivity index (χ0v) is 55.8. The average Bonchev–Trinajstić information content (AvgIpc) is 1.46. The highest BCUT2D eigenvalue weighted by Gasteiger charge is 2.83. The third-order valence-electron chi connectivity index (χ3n) is 26.6. The van der Waals surface area contributed by atoms with Gasteiger partial charge >= 0.3 is 0 Å². The van der Waals surface area contributed by atoms with E-state index in [4.69, 9.17) is 56.8 Å². The predicted molar refractivity (Wildman–Crippen MR) is 321 cm³/mol. The smallest absolute Gasteiger partial charge is 0.187 e. The molecule has 32 nitrogen and oxygen atoms in total. The number of aliphatic hydroxyl groups is 20. The Balaban J connectivity index is 0.793. The number of fused-ring (bicyclic) bond motifs is 2. The molecule has 0 radical (unpaired) electrons. The van der Waals surface area contributed by atoms with Crippen LogP contribution in [0.5, 0.6) is 0 Å².